The average Bonchev–Trinajstić information content (AvgIpc) is 2.78. The van der Waals surface area contributed by atoms with Gasteiger partial charge in [0.05, 0.1) is 0 Å². The first-order valence-corrected chi connectivity index (χ1v) is 7.62. The highest BCUT2D eigenvalue weighted by atomic mass is 16.5. The molecule has 1 N–H and O–H groups in total. The van der Waals surface area contributed by atoms with E-state index in [9.17, 15) is 0 Å². The Hall–Kier alpha value is -0.0800. The molecule has 17 heavy (non-hydrogen) atoms. The molecular weight excluding hydrogens is 210 g/mol. The SMILES string of the molecule is CCNC1CCCC1CCOCC(CC)CC. The summed E-state index contributed by atoms with van der Waals surface area (Å²) < 4.78 is 5.84. The highest BCUT2D eigenvalue weighted by molar-refractivity contribution is 4.82. The summed E-state index contributed by atoms with van der Waals surface area (Å²) in [6.45, 7) is 9.76. The Morgan fingerprint density at radius 1 is 1.18 bits per heavy atom. The van der Waals surface area contributed by atoms with Gasteiger partial charge in [-0.1, -0.05) is 40.0 Å². The topological polar surface area (TPSA) is 21.3 Å². The Kier molecular flexibility index (Phi) is 7.87. The summed E-state index contributed by atoms with van der Waals surface area (Å²) in [4.78, 5) is 0. The highest BCUT2D eigenvalue weighted by Gasteiger charge is 2.25. The fourth-order valence-electron chi connectivity index (χ4n) is 2.92. The monoisotopic (exact) mass is 241 g/mol. The summed E-state index contributed by atoms with van der Waals surface area (Å²) >= 11 is 0. The molecule has 2 unspecified atom stereocenters. The third-order valence-electron chi connectivity index (χ3n) is 4.27. The van der Waals surface area contributed by atoms with Crippen LogP contribution in [-0.2, 0) is 4.74 Å². The van der Waals surface area contributed by atoms with E-state index >= 15 is 0 Å². The molecule has 0 aromatic rings. The average molecular weight is 241 g/mol. The van der Waals surface area contributed by atoms with Crippen LogP contribution in [0.25, 0.3) is 0 Å². The van der Waals surface area contributed by atoms with E-state index in [0.717, 1.165) is 37.6 Å². The minimum Gasteiger partial charge on any atom is -0.381 e. The van der Waals surface area contributed by atoms with Crippen molar-refractivity contribution in [2.24, 2.45) is 11.8 Å². The molecule has 0 aromatic heterocycles. The van der Waals surface area contributed by atoms with E-state index in [1.807, 2.05) is 0 Å². The van der Waals surface area contributed by atoms with Gasteiger partial charge in [-0.25, -0.2) is 0 Å². The third-order valence-corrected chi connectivity index (χ3v) is 4.27. The molecule has 0 radical (unpaired) electrons. The van der Waals surface area contributed by atoms with Crippen molar-refractivity contribution in [3.05, 3.63) is 0 Å². The Morgan fingerprint density at radius 3 is 2.59 bits per heavy atom. The molecule has 1 rings (SSSR count). The number of nitrogens with one attached hydrogen (secondary N) is 1. The number of ether oxygens (including phenoxy) is 1. The van der Waals surface area contributed by atoms with Gasteiger partial charge in [0.25, 0.3) is 0 Å². The van der Waals surface area contributed by atoms with Gasteiger partial charge in [0.1, 0.15) is 0 Å². The molecule has 0 spiro atoms. The smallest absolute Gasteiger partial charge is 0.0494 e. The molecule has 2 nitrogen and oxygen atoms in total. The predicted octanol–water partition coefficient (Wildman–Crippen LogP) is 3.61. The molecule has 2 heteroatoms. The summed E-state index contributed by atoms with van der Waals surface area (Å²) in [5.41, 5.74) is 0. The van der Waals surface area contributed by atoms with Gasteiger partial charge in [0.15, 0.2) is 0 Å². The second kappa shape index (κ2) is 8.93. The first-order valence-electron chi connectivity index (χ1n) is 7.62. The van der Waals surface area contributed by atoms with Crippen LogP contribution < -0.4 is 5.32 Å². The maximum Gasteiger partial charge on any atom is 0.0494 e. The molecule has 1 fully saturated rings. The van der Waals surface area contributed by atoms with Crippen LogP contribution in [0.15, 0.2) is 0 Å². The van der Waals surface area contributed by atoms with Crippen LogP contribution in [0.3, 0.4) is 0 Å². The molecule has 1 saturated carbocycles. The molecule has 0 heterocycles. The van der Waals surface area contributed by atoms with Gasteiger partial charge < -0.3 is 10.1 Å². The second-order valence-electron chi connectivity index (χ2n) is 5.40. The van der Waals surface area contributed by atoms with Crippen molar-refractivity contribution in [1.82, 2.24) is 5.32 Å². The van der Waals surface area contributed by atoms with Gasteiger partial charge in [-0.05, 0) is 37.6 Å². The lowest BCUT2D eigenvalue weighted by molar-refractivity contribution is 0.0838. The van der Waals surface area contributed by atoms with Crippen LogP contribution in [-0.4, -0.2) is 25.8 Å². The molecule has 1 aliphatic carbocycles. The predicted molar refractivity (Wildman–Crippen MR) is 74.3 cm³/mol. The second-order valence-corrected chi connectivity index (χ2v) is 5.40. The lowest BCUT2D eigenvalue weighted by Crippen LogP contribution is -2.32. The normalized spacial score (nSPS) is 24.7. The number of hydrogen-bond acceptors (Lipinski definition) is 2. The number of hydrogen-bond donors (Lipinski definition) is 1. The van der Waals surface area contributed by atoms with Gasteiger partial charge in [0, 0.05) is 19.3 Å². The van der Waals surface area contributed by atoms with Crippen LogP contribution in [0.2, 0.25) is 0 Å². The molecule has 0 amide bonds. The fraction of sp³-hybridized carbons (Fsp3) is 1.00. The lowest BCUT2D eigenvalue weighted by Gasteiger charge is -2.21. The van der Waals surface area contributed by atoms with E-state index < -0.39 is 0 Å². The Morgan fingerprint density at radius 2 is 1.94 bits per heavy atom. The standard InChI is InChI=1S/C15H31NO/c1-4-13(5-2)12-17-11-10-14-8-7-9-15(14)16-6-3/h13-16H,4-12H2,1-3H3. The van der Waals surface area contributed by atoms with Crippen molar-refractivity contribution in [3.63, 3.8) is 0 Å². The minimum atomic E-state index is 0.761. The van der Waals surface area contributed by atoms with Crippen LogP contribution in [0.5, 0.6) is 0 Å². The van der Waals surface area contributed by atoms with Crippen molar-refractivity contribution in [3.8, 4) is 0 Å². The highest BCUT2D eigenvalue weighted by Crippen LogP contribution is 2.28. The van der Waals surface area contributed by atoms with Crippen molar-refractivity contribution in [2.75, 3.05) is 19.8 Å². The minimum absolute atomic E-state index is 0.761. The Labute approximate surface area is 108 Å². The van der Waals surface area contributed by atoms with E-state index in [2.05, 4.69) is 26.1 Å². The van der Waals surface area contributed by atoms with Crippen LogP contribution in [0.4, 0.5) is 0 Å². The van der Waals surface area contributed by atoms with E-state index in [4.69, 9.17) is 4.74 Å². The van der Waals surface area contributed by atoms with E-state index in [-0.39, 0.29) is 0 Å². The van der Waals surface area contributed by atoms with Gasteiger partial charge in [-0.3, -0.25) is 0 Å². The molecule has 0 saturated heterocycles. The fourth-order valence-corrected chi connectivity index (χ4v) is 2.92. The maximum absolute atomic E-state index is 5.84. The summed E-state index contributed by atoms with van der Waals surface area (Å²) in [7, 11) is 0. The number of rotatable bonds is 9. The van der Waals surface area contributed by atoms with E-state index in [0.29, 0.717) is 0 Å². The summed E-state index contributed by atoms with van der Waals surface area (Å²) in [6.07, 6.45) is 7.91. The zero-order valence-electron chi connectivity index (χ0n) is 12.0. The van der Waals surface area contributed by atoms with Crippen molar-refractivity contribution >= 4 is 0 Å². The van der Waals surface area contributed by atoms with Crippen molar-refractivity contribution in [1.29, 1.82) is 0 Å². The summed E-state index contributed by atoms with van der Waals surface area (Å²) in [6, 6.07) is 0.761. The van der Waals surface area contributed by atoms with Crippen molar-refractivity contribution < 1.29 is 4.74 Å². The first-order chi connectivity index (χ1) is 8.31. The van der Waals surface area contributed by atoms with Gasteiger partial charge in [0.2, 0.25) is 0 Å². The molecule has 0 bridgehead atoms. The van der Waals surface area contributed by atoms with Crippen LogP contribution >= 0.6 is 0 Å². The molecule has 0 aromatic carbocycles. The molecule has 1 aliphatic rings. The molecule has 2 atom stereocenters. The van der Waals surface area contributed by atoms with Crippen LogP contribution in [0, 0.1) is 11.8 Å². The molecular formula is C15H31NO. The lowest BCUT2D eigenvalue weighted by atomic mass is 10.00. The third kappa shape index (κ3) is 5.39. The van der Waals surface area contributed by atoms with Crippen molar-refractivity contribution in [2.45, 2.75) is 65.3 Å². The largest absolute Gasteiger partial charge is 0.381 e. The zero-order valence-corrected chi connectivity index (χ0v) is 12.0. The zero-order chi connectivity index (χ0) is 12.5. The van der Waals surface area contributed by atoms with Gasteiger partial charge in [-0.2, -0.15) is 0 Å². The Balaban J connectivity index is 2.09. The van der Waals surface area contributed by atoms with Gasteiger partial charge in [-0.15, -0.1) is 0 Å². The Bertz CT molecular complexity index is 180. The van der Waals surface area contributed by atoms with E-state index in [1.54, 1.807) is 0 Å². The summed E-state index contributed by atoms with van der Waals surface area (Å²) in [5, 5.41) is 3.61. The first kappa shape index (κ1) is 15.0. The summed E-state index contributed by atoms with van der Waals surface area (Å²) in [5.74, 6) is 1.62. The maximum atomic E-state index is 5.84. The molecule has 102 valence electrons. The quantitative estimate of drug-likeness (QED) is 0.623. The van der Waals surface area contributed by atoms with Crippen LogP contribution in [0.1, 0.15) is 59.3 Å². The van der Waals surface area contributed by atoms with E-state index in [1.165, 1.54) is 38.5 Å². The molecule has 0 aliphatic heterocycles. The van der Waals surface area contributed by atoms with Gasteiger partial charge >= 0.3 is 0 Å².